The van der Waals surface area contributed by atoms with E-state index in [1.165, 1.54) is 0 Å². The summed E-state index contributed by atoms with van der Waals surface area (Å²) >= 11 is 5.97. The van der Waals surface area contributed by atoms with E-state index in [1.807, 2.05) is 24.4 Å². The fourth-order valence-corrected chi connectivity index (χ4v) is 1.87. The second kappa shape index (κ2) is 5.33. The van der Waals surface area contributed by atoms with E-state index in [-0.39, 0.29) is 0 Å². The zero-order chi connectivity index (χ0) is 12.3. The lowest BCUT2D eigenvalue weighted by Gasteiger charge is -2.00. The molecule has 0 saturated heterocycles. The van der Waals surface area contributed by atoms with Crippen molar-refractivity contribution in [3.8, 4) is 0 Å². The van der Waals surface area contributed by atoms with Crippen molar-refractivity contribution in [2.24, 2.45) is 5.92 Å². The Morgan fingerprint density at radius 3 is 2.88 bits per heavy atom. The molecule has 0 amide bonds. The van der Waals surface area contributed by atoms with Crippen LogP contribution in [0.15, 0.2) is 36.5 Å². The van der Waals surface area contributed by atoms with Gasteiger partial charge in [0.15, 0.2) is 0 Å². The average Bonchev–Trinajstić information content (AvgIpc) is 2.28. The molecule has 2 rings (SSSR count). The van der Waals surface area contributed by atoms with Gasteiger partial charge in [-0.1, -0.05) is 37.6 Å². The Balaban J connectivity index is 2.27. The number of allylic oxidation sites excluding steroid dienone is 1. The Hall–Kier alpha value is -1.34. The zero-order valence-corrected chi connectivity index (χ0v) is 10.9. The molecule has 0 atom stereocenters. The van der Waals surface area contributed by atoms with Gasteiger partial charge in [0.25, 0.3) is 0 Å². The third-order valence-electron chi connectivity index (χ3n) is 2.58. The normalized spacial score (nSPS) is 11.8. The molecule has 1 heterocycles. The molecular weight excluding hydrogens is 230 g/mol. The van der Waals surface area contributed by atoms with Crippen LogP contribution in [0.3, 0.4) is 0 Å². The number of hydrogen-bond acceptors (Lipinski definition) is 1. The van der Waals surface area contributed by atoms with E-state index in [4.69, 9.17) is 11.6 Å². The first-order chi connectivity index (χ1) is 8.15. The van der Waals surface area contributed by atoms with E-state index in [0.29, 0.717) is 5.92 Å². The van der Waals surface area contributed by atoms with Crippen molar-refractivity contribution in [1.29, 1.82) is 0 Å². The quantitative estimate of drug-likeness (QED) is 0.746. The van der Waals surface area contributed by atoms with Crippen LogP contribution in [-0.2, 0) is 0 Å². The average molecular weight is 246 g/mol. The minimum Gasteiger partial charge on any atom is -0.256 e. The lowest BCUT2D eigenvalue weighted by molar-refractivity contribution is 0.665. The monoisotopic (exact) mass is 245 g/mol. The molecule has 0 saturated carbocycles. The second-order valence-corrected chi connectivity index (χ2v) is 5.07. The molecule has 2 heteroatoms. The summed E-state index contributed by atoms with van der Waals surface area (Å²) in [4.78, 5) is 4.41. The molecule has 2 aromatic rings. The van der Waals surface area contributed by atoms with Gasteiger partial charge in [-0.2, -0.15) is 0 Å². The number of rotatable bonds is 3. The van der Waals surface area contributed by atoms with Crippen molar-refractivity contribution in [3.63, 3.8) is 0 Å². The molecule has 17 heavy (non-hydrogen) atoms. The number of halogens is 1. The molecule has 0 bridgehead atoms. The Bertz CT molecular complexity index is 544. The summed E-state index contributed by atoms with van der Waals surface area (Å²) in [7, 11) is 0. The summed E-state index contributed by atoms with van der Waals surface area (Å²) < 4.78 is 0. The maximum Gasteiger partial charge on any atom is 0.0703 e. The Morgan fingerprint density at radius 1 is 1.29 bits per heavy atom. The van der Waals surface area contributed by atoms with E-state index >= 15 is 0 Å². The number of fused-ring (bicyclic) bond motifs is 1. The van der Waals surface area contributed by atoms with Crippen LogP contribution in [0.4, 0.5) is 0 Å². The summed E-state index contributed by atoms with van der Waals surface area (Å²) in [5.41, 5.74) is 2.11. The number of hydrogen-bond donors (Lipinski definition) is 0. The Morgan fingerprint density at radius 2 is 2.12 bits per heavy atom. The van der Waals surface area contributed by atoms with E-state index in [9.17, 15) is 0 Å². The lowest BCUT2D eigenvalue weighted by Crippen LogP contribution is -1.83. The Kier molecular flexibility index (Phi) is 3.80. The first kappa shape index (κ1) is 12.1. The molecule has 1 aromatic carbocycles. The molecule has 0 fully saturated rings. The van der Waals surface area contributed by atoms with Crippen LogP contribution < -0.4 is 0 Å². The van der Waals surface area contributed by atoms with Gasteiger partial charge in [-0.05, 0) is 42.2 Å². The minimum absolute atomic E-state index is 0.689. The number of nitrogens with zero attached hydrogens (tertiary/aromatic N) is 1. The second-order valence-electron chi connectivity index (χ2n) is 4.64. The van der Waals surface area contributed by atoms with Crippen LogP contribution in [0.5, 0.6) is 0 Å². The van der Waals surface area contributed by atoms with E-state index in [1.54, 1.807) is 0 Å². The van der Waals surface area contributed by atoms with E-state index < -0.39 is 0 Å². The van der Waals surface area contributed by atoms with Crippen LogP contribution >= 0.6 is 11.6 Å². The summed E-state index contributed by atoms with van der Waals surface area (Å²) in [6, 6.07) is 7.87. The van der Waals surface area contributed by atoms with Gasteiger partial charge >= 0.3 is 0 Å². The molecular formula is C15H16ClN. The van der Waals surface area contributed by atoms with Gasteiger partial charge in [0.1, 0.15) is 0 Å². The molecule has 0 unspecified atom stereocenters. The van der Waals surface area contributed by atoms with Crippen molar-refractivity contribution in [2.75, 3.05) is 0 Å². The summed E-state index contributed by atoms with van der Waals surface area (Å²) in [6.07, 6.45) is 7.30. The third-order valence-corrected chi connectivity index (χ3v) is 2.82. The van der Waals surface area contributed by atoms with Crippen molar-refractivity contribution in [3.05, 3.63) is 47.1 Å². The highest BCUT2D eigenvalue weighted by atomic mass is 35.5. The SMILES string of the molecule is CC(C)C/C=C/c1cnc2ccc(Cl)cc2c1. The maximum absolute atomic E-state index is 5.97. The van der Waals surface area contributed by atoms with Crippen LogP contribution in [0, 0.1) is 5.92 Å². The highest BCUT2D eigenvalue weighted by molar-refractivity contribution is 6.31. The van der Waals surface area contributed by atoms with Crippen LogP contribution in [0.2, 0.25) is 5.02 Å². The highest BCUT2D eigenvalue weighted by Crippen LogP contribution is 2.19. The van der Waals surface area contributed by atoms with Crippen molar-refractivity contribution >= 4 is 28.6 Å². The van der Waals surface area contributed by atoms with Crippen molar-refractivity contribution < 1.29 is 0 Å². The smallest absolute Gasteiger partial charge is 0.0703 e. The van der Waals surface area contributed by atoms with Gasteiger partial charge < -0.3 is 0 Å². The third kappa shape index (κ3) is 3.31. The fourth-order valence-electron chi connectivity index (χ4n) is 1.69. The fraction of sp³-hybridized carbons (Fsp3) is 0.267. The standard InChI is InChI=1S/C15H16ClN/c1-11(2)4-3-5-12-8-13-9-14(16)6-7-15(13)17-10-12/h3,5-11H,4H2,1-2H3/b5-3+. The summed E-state index contributed by atoms with van der Waals surface area (Å²) in [5, 5.41) is 1.84. The van der Waals surface area contributed by atoms with Gasteiger partial charge in [-0.15, -0.1) is 0 Å². The largest absolute Gasteiger partial charge is 0.256 e. The molecule has 1 aromatic heterocycles. The van der Waals surface area contributed by atoms with Crippen LogP contribution in [0.1, 0.15) is 25.8 Å². The van der Waals surface area contributed by atoms with Gasteiger partial charge in [-0.25, -0.2) is 0 Å². The van der Waals surface area contributed by atoms with Crippen LogP contribution in [0.25, 0.3) is 17.0 Å². The van der Waals surface area contributed by atoms with Gasteiger partial charge in [0, 0.05) is 16.6 Å². The number of benzene rings is 1. The molecule has 88 valence electrons. The van der Waals surface area contributed by atoms with Gasteiger partial charge in [-0.3, -0.25) is 4.98 Å². The van der Waals surface area contributed by atoms with Gasteiger partial charge in [0.05, 0.1) is 5.52 Å². The number of pyridine rings is 1. The Labute approximate surface area is 107 Å². The van der Waals surface area contributed by atoms with Crippen molar-refractivity contribution in [2.45, 2.75) is 20.3 Å². The maximum atomic E-state index is 5.97. The molecule has 0 N–H and O–H groups in total. The molecule has 0 spiro atoms. The van der Waals surface area contributed by atoms with Gasteiger partial charge in [0.2, 0.25) is 0 Å². The molecule has 0 radical (unpaired) electrons. The van der Waals surface area contributed by atoms with E-state index in [0.717, 1.165) is 27.9 Å². The predicted octanol–water partition coefficient (Wildman–Crippen LogP) is 4.95. The minimum atomic E-state index is 0.689. The molecule has 0 aliphatic heterocycles. The first-order valence-corrected chi connectivity index (χ1v) is 6.25. The zero-order valence-electron chi connectivity index (χ0n) is 10.2. The van der Waals surface area contributed by atoms with Crippen LogP contribution in [-0.4, -0.2) is 4.98 Å². The molecule has 0 aliphatic carbocycles. The highest BCUT2D eigenvalue weighted by Gasteiger charge is 1.97. The first-order valence-electron chi connectivity index (χ1n) is 5.87. The summed E-state index contributed by atoms with van der Waals surface area (Å²) in [5.74, 6) is 0.689. The predicted molar refractivity (Wildman–Crippen MR) is 75.2 cm³/mol. The lowest BCUT2D eigenvalue weighted by atomic mass is 10.1. The number of aromatic nitrogens is 1. The van der Waals surface area contributed by atoms with E-state index in [2.05, 4.69) is 37.0 Å². The topological polar surface area (TPSA) is 12.9 Å². The summed E-state index contributed by atoms with van der Waals surface area (Å²) in [6.45, 7) is 4.42. The molecule has 1 nitrogen and oxygen atoms in total. The van der Waals surface area contributed by atoms with Crippen molar-refractivity contribution in [1.82, 2.24) is 4.98 Å². The molecule has 0 aliphatic rings.